The molecule has 0 bridgehead atoms. The van der Waals surface area contributed by atoms with Crippen LogP contribution in [0.4, 0.5) is 5.69 Å². The Balaban J connectivity index is 2.02. The molecule has 1 aromatic heterocycles. The second kappa shape index (κ2) is 3.83. The average molecular weight is 189 g/mol. The molecule has 1 heterocycles. The van der Waals surface area contributed by atoms with E-state index in [9.17, 15) is 5.11 Å². The summed E-state index contributed by atoms with van der Waals surface area (Å²) in [6.45, 7) is 0.623. The molecule has 0 amide bonds. The van der Waals surface area contributed by atoms with Crippen molar-refractivity contribution < 1.29 is 5.11 Å². The van der Waals surface area contributed by atoms with Gasteiger partial charge in [0.1, 0.15) is 5.75 Å². The first-order chi connectivity index (χ1) is 6.86. The van der Waals surface area contributed by atoms with Gasteiger partial charge in [0.05, 0.1) is 24.3 Å². The van der Waals surface area contributed by atoms with E-state index in [1.807, 2.05) is 12.1 Å². The lowest BCUT2D eigenvalue weighted by atomic mass is 10.3. The van der Waals surface area contributed by atoms with Gasteiger partial charge >= 0.3 is 0 Å². The second-order valence-electron chi connectivity index (χ2n) is 2.95. The zero-order valence-electron chi connectivity index (χ0n) is 7.57. The van der Waals surface area contributed by atoms with Crippen molar-refractivity contribution in [3.63, 3.8) is 0 Å². The van der Waals surface area contributed by atoms with Gasteiger partial charge in [-0.3, -0.25) is 0 Å². The Kier molecular flexibility index (Phi) is 2.36. The van der Waals surface area contributed by atoms with Crippen LogP contribution in [0.5, 0.6) is 5.75 Å². The van der Waals surface area contributed by atoms with Crippen LogP contribution >= 0.6 is 0 Å². The highest BCUT2D eigenvalue weighted by Gasteiger charge is 1.98. The molecule has 0 unspecified atom stereocenters. The lowest BCUT2D eigenvalue weighted by Gasteiger charge is -2.05. The van der Waals surface area contributed by atoms with E-state index in [0.29, 0.717) is 6.54 Å². The van der Waals surface area contributed by atoms with E-state index in [2.05, 4.69) is 15.3 Å². The fourth-order valence-corrected chi connectivity index (χ4v) is 1.19. The molecule has 0 atom stereocenters. The summed E-state index contributed by atoms with van der Waals surface area (Å²) in [5.74, 6) is 0.256. The number of phenolic OH excluding ortho intramolecular Hbond substituents is 1. The molecule has 0 aliphatic heterocycles. The fraction of sp³-hybridized carbons (Fsp3) is 0.100. The molecule has 72 valence electrons. The maximum Gasteiger partial charge on any atom is 0.138 e. The van der Waals surface area contributed by atoms with Crippen LogP contribution in [0.25, 0.3) is 0 Å². The van der Waals surface area contributed by atoms with Crippen LogP contribution < -0.4 is 5.32 Å². The van der Waals surface area contributed by atoms with Gasteiger partial charge in [-0.1, -0.05) is 12.1 Å². The zero-order chi connectivity index (χ0) is 9.80. The van der Waals surface area contributed by atoms with Gasteiger partial charge in [0.2, 0.25) is 0 Å². The maximum absolute atomic E-state index is 9.45. The van der Waals surface area contributed by atoms with E-state index in [-0.39, 0.29) is 5.75 Å². The Morgan fingerprint density at radius 2 is 2.21 bits per heavy atom. The molecule has 0 saturated heterocycles. The second-order valence-corrected chi connectivity index (χ2v) is 2.95. The minimum atomic E-state index is 0.256. The minimum absolute atomic E-state index is 0.256. The molecule has 14 heavy (non-hydrogen) atoms. The number of benzene rings is 1. The quantitative estimate of drug-likeness (QED) is 0.644. The molecule has 2 aromatic rings. The maximum atomic E-state index is 9.45. The first kappa shape index (κ1) is 8.62. The van der Waals surface area contributed by atoms with E-state index in [4.69, 9.17) is 0 Å². The van der Waals surface area contributed by atoms with Crippen molar-refractivity contribution in [2.45, 2.75) is 6.54 Å². The van der Waals surface area contributed by atoms with Gasteiger partial charge in [-0.2, -0.15) is 0 Å². The number of para-hydroxylation sites is 2. The number of rotatable bonds is 3. The Morgan fingerprint density at radius 1 is 1.36 bits per heavy atom. The predicted molar refractivity (Wildman–Crippen MR) is 54.0 cm³/mol. The van der Waals surface area contributed by atoms with Gasteiger partial charge in [-0.05, 0) is 12.1 Å². The van der Waals surface area contributed by atoms with Crippen molar-refractivity contribution in [3.8, 4) is 5.75 Å². The molecule has 2 rings (SSSR count). The van der Waals surface area contributed by atoms with E-state index in [1.54, 1.807) is 24.7 Å². The molecule has 3 N–H and O–H groups in total. The monoisotopic (exact) mass is 189 g/mol. The van der Waals surface area contributed by atoms with Crippen molar-refractivity contribution in [2.24, 2.45) is 0 Å². The summed E-state index contributed by atoms with van der Waals surface area (Å²) in [6, 6.07) is 7.13. The van der Waals surface area contributed by atoms with Crippen LogP contribution in [0.2, 0.25) is 0 Å². The third-order valence-corrected chi connectivity index (χ3v) is 1.93. The number of hydrogen-bond acceptors (Lipinski definition) is 3. The Morgan fingerprint density at radius 3 is 2.93 bits per heavy atom. The number of aromatic amines is 1. The number of aromatic hydroxyl groups is 1. The first-order valence-electron chi connectivity index (χ1n) is 4.35. The predicted octanol–water partition coefficient (Wildman–Crippen LogP) is 1.73. The highest BCUT2D eigenvalue weighted by molar-refractivity contribution is 5.55. The third kappa shape index (κ3) is 1.85. The van der Waals surface area contributed by atoms with Crippen molar-refractivity contribution in [1.82, 2.24) is 9.97 Å². The third-order valence-electron chi connectivity index (χ3n) is 1.93. The van der Waals surface area contributed by atoms with Gasteiger partial charge < -0.3 is 15.4 Å². The fourth-order valence-electron chi connectivity index (χ4n) is 1.19. The lowest BCUT2D eigenvalue weighted by molar-refractivity contribution is 0.477. The molecule has 4 nitrogen and oxygen atoms in total. The highest BCUT2D eigenvalue weighted by Crippen LogP contribution is 2.21. The first-order valence-corrected chi connectivity index (χ1v) is 4.35. The van der Waals surface area contributed by atoms with E-state index >= 15 is 0 Å². The molecule has 0 spiro atoms. The Hall–Kier alpha value is -1.97. The van der Waals surface area contributed by atoms with Crippen LogP contribution in [0.3, 0.4) is 0 Å². The number of imidazole rings is 1. The number of nitrogens with one attached hydrogen (secondary N) is 2. The SMILES string of the molecule is Oc1ccccc1NCc1cnc[nH]1. The Bertz CT molecular complexity index is 398. The van der Waals surface area contributed by atoms with Gasteiger partial charge in [0.15, 0.2) is 0 Å². The minimum Gasteiger partial charge on any atom is -0.506 e. The van der Waals surface area contributed by atoms with Crippen LogP contribution in [0.15, 0.2) is 36.8 Å². The molecule has 0 saturated carbocycles. The molecule has 4 heteroatoms. The van der Waals surface area contributed by atoms with Crippen LogP contribution in [0.1, 0.15) is 5.69 Å². The summed E-state index contributed by atoms with van der Waals surface area (Å²) in [6.07, 6.45) is 3.37. The van der Waals surface area contributed by atoms with Gasteiger partial charge in [0.25, 0.3) is 0 Å². The summed E-state index contributed by atoms with van der Waals surface area (Å²) in [5, 5.41) is 12.5. The zero-order valence-corrected chi connectivity index (χ0v) is 7.57. The van der Waals surface area contributed by atoms with Crippen molar-refractivity contribution >= 4 is 5.69 Å². The topological polar surface area (TPSA) is 60.9 Å². The molecular weight excluding hydrogens is 178 g/mol. The molecule has 0 radical (unpaired) electrons. The number of phenols is 1. The summed E-state index contributed by atoms with van der Waals surface area (Å²) in [5.41, 5.74) is 1.70. The van der Waals surface area contributed by atoms with E-state index in [1.165, 1.54) is 0 Å². The number of H-pyrrole nitrogens is 1. The number of aromatic nitrogens is 2. The van der Waals surface area contributed by atoms with Gasteiger partial charge in [-0.25, -0.2) is 4.98 Å². The average Bonchev–Trinajstić information content (AvgIpc) is 2.69. The van der Waals surface area contributed by atoms with Crippen molar-refractivity contribution in [2.75, 3.05) is 5.32 Å². The lowest BCUT2D eigenvalue weighted by Crippen LogP contribution is -1.99. The number of nitrogens with zero attached hydrogens (tertiary/aromatic N) is 1. The van der Waals surface area contributed by atoms with E-state index in [0.717, 1.165) is 11.4 Å². The summed E-state index contributed by atoms with van der Waals surface area (Å²) in [7, 11) is 0. The number of hydrogen-bond donors (Lipinski definition) is 3. The van der Waals surface area contributed by atoms with Crippen molar-refractivity contribution in [3.05, 3.63) is 42.5 Å². The van der Waals surface area contributed by atoms with Gasteiger partial charge in [-0.15, -0.1) is 0 Å². The molecule has 0 aliphatic rings. The van der Waals surface area contributed by atoms with E-state index < -0.39 is 0 Å². The summed E-state index contributed by atoms with van der Waals surface area (Å²) in [4.78, 5) is 6.87. The molecule has 0 aliphatic carbocycles. The molecule has 1 aromatic carbocycles. The molecule has 0 fully saturated rings. The normalized spacial score (nSPS) is 10.0. The number of anilines is 1. The summed E-state index contributed by atoms with van der Waals surface area (Å²) >= 11 is 0. The Labute approximate surface area is 81.6 Å². The van der Waals surface area contributed by atoms with Crippen molar-refractivity contribution in [1.29, 1.82) is 0 Å². The largest absolute Gasteiger partial charge is 0.506 e. The summed E-state index contributed by atoms with van der Waals surface area (Å²) < 4.78 is 0. The molecular formula is C10H11N3O. The van der Waals surface area contributed by atoms with Gasteiger partial charge in [0, 0.05) is 6.20 Å². The van der Waals surface area contributed by atoms with Crippen LogP contribution in [-0.2, 0) is 6.54 Å². The van der Waals surface area contributed by atoms with Crippen LogP contribution in [-0.4, -0.2) is 15.1 Å². The standard InChI is InChI=1S/C10H11N3O/c14-10-4-2-1-3-9(10)12-6-8-5-11-7-13-8/h1-5,7,12,14H,6H2,(H,11,13). The smallest absolute Gasteiger partial charge is 0.138 e. The highest BCUT2D eigenvalue weighted by atomic mass is 16.3. The van der Waals surface area contributed by atoms with Crippen LogP contribution in [0, 0.1) is 0 Å².